The van der Waals surface area contributed by atoms with Crippen molar-refractivity contribution in [2.75, 3.05) is 0 Å². The molecule has 0 saturated carbocycles. The Labute approximate surface area is 260 Å². The summed E-state index contributed by atoms with van der Waals surface area (Å²) in [7, 11) is 0. The molecule has 10 rings (SSSR count). The number of thiophene rings is 1. The minimum absolute atomic E-state index is 0.562. The highest BCUT2D eigenvalue weighted by atomic mass is 32.1. The molecule has 0 radical (unpaired) electrons. The molecule has 0 unspecified atom stereocenters. The lowest BCUT2D eigenvalue weighted by atomic mass is 10.1. The molecule has 0 bridgehead atoms. The Morgan fingerprint density at radius 2 is 1.09 bits per heavy atom. The lowest BCUT2D eigenvalue weighted by molar-refractivity contribution is 0.893. The second-order valence-electron chi connectivity index (χ2n) is 11.2. The smallest absolute Gasteiger partial charge is 0.240 e. The Morgan fingerprint density at radius 1 is 0.467 bits per heavy atom. The van der Waals surface area contributed by atoms with Crippen molar-refractivity contribution in [3.05, 3.63) is 134 Å². The van der Waals surface area contributed by atoms with Crippen molar-refractivity contribution < 1.29 is 0 Å². The molecule has 10 aromatic rings. The van der Waals surface area contributed by atoms with Gasteiger partial charge >= 0.3 is 0 Å². The van der Waals surface area contributed by atoms with Gasteiger partial charge in [-0.05, 0) is 30.3 Å². The Morgan fingerprint density at radius 3 is 1.84 bits per heavy atom. The molecule has 5 aromatic carbocycles. The number of benzene rings is 5. The van der Waals surface area contributed by atoms with Crippen molar-refractivity contribution in [2.45, 2.75) is 0 Å². The van der Waals surface area contributed by atoms with Gasteiger partial charge in [0.2, 0.25) is 11.9 Å². The van der Waals surface area contributed by atoms with Crippen molar-refractivity contribution in [3.63, 3.8) is 0 Å². The topological polar surface area (TPSA) is 61.4 Å². The number of aromatic nitrogens is 6. The van der Waals surface area contributed by atoms with Crippen LogP contribution in [0.2, 0.25) is 0 Å². The fraction of sp³-hybridized carbons (Fsp3) is 0. The van der Waals surface area contributed by atoms with Gasteiger partial charge in [0.25, 0.3) is 0 Å². The highest BCUT2D eigenvalue weighted by Gasteiger charge is 2.22. The quantitative estimate of drug-likeness (QED) is 0.204. The van der Waals surface area contributed by atoms with Crippen LogP contribution < -0.4 is 0 Å². The molecular formula is C38H22N6S. The molecule has 7 heteroatoms. The first-order chi connectivity index (χ1) is 22.3. The second-order valence-corrected chi connectivity index (χ2v) is 12.2. The van der Waals surface area contributed by atoms with Gasteiger partial charge in [-0.3, -0.25) is 14.1 Å². The van der Waals surface area contributed by atoms with Crippen LogP contribution in [-0.2, 0) is 0 Å². The first-order valence-electron chi connectivity index (χ1n) is 14.8. The van der Waals surface area contributed by atoms with Crippen LogP contribution in [0.15, 0.2) is 134 Å². The summed E-state index contributed by atoms with van der Waals surface area (Å²) >= 11 is 1.82. The van der Waals surface area contributed by atoms with Gasteiger partial charge in [0.1, 0.15) is 0 Å². The van der Waals surface area contributed by atoms with Gasteiger partial charge in [-0.15, -0.1) is 11.3 Å². The third-order valence-electron chi connectivity index (χ3n) is 8.70. The summed E-state index contributed by atoms with van der Waals surface area (Å²) in [6.07, 6.45) is 3.80. The number of pyridine rings is 1. The molecule has 5 heterocycles. The summed E-state index contributed by atoms with van der Waals surface area (Å²) in [5, 5.41) is 7.07. The van der Waals surface area contributed by atoms with Crippen molar-refractivity contribution in [3.8, 4) is 23.3 Å². The van der Waals surface area contributed by atoms with E-state index in [1.54, 1.807) is 0 Å². The Bertz CT molecular complexity index is 2720. The molecule has 0 N–H and O–H groups in total. The number of hydrogen-bond donors (Lipinski definition) is 0. The van der Waals surface area contributed by atoms with Crippen LogP contribution in [0.5, 0.6) is 0 Å². The molecule has 0 amide bonds. The van der Waals surface area contributed by atoms with E-state index in [4.69, 9.17) is 15.0 Å². The van der Waals surface area contributed by atoms with Crippen molar-refractivity contribution in [2.24, 2.45) is 0 Å². The first kappa shape index (κ1) is 24.5. The van der Waals surface area contributed by atoms with Crippen LogP contribution in [0.1, 0.15) is 0 Å². The van der Waals surface area contributed by atoms with E-state index in [2.05, 4.69) is 105 Å². The predicted octanol–water partition coefficient (Wildman–Crippen LogP) is 9.50. The van der Waals surface area contributed by atoms with Gasteiger partial charge in [-0.2, -0.15) is 15.0 Å². The monoisotopic (exact) mass is 594 g/mol. The SMILES string of the molecule is c1ccc(-c2nc(-n3c4ccccc4c4ccccc43)nc(-n3c4ccncc4c4c5sc6ccccc6c5ccc43)n2)cc1. The third-order valence-corrected chi connectivity index (χ3v) is 9.90. The zero-order valence-electron chi connectivity index (χ0n) is 23.8. The van der Waals surface area contributed by atoms with E-state index in [0.717, 1.165) is 49.2 Å². The van der Waals surface area contributed by atoms with E-state index in [9.17, 15) is 0 Å². The highest BCUT2D eigenvalue weighted by molar-refractivity contribution is 7.26. The first-order valence-corrected chi connectivity index (χ1v) is 15.6. The second kappa shape index (κ2) is 9.29. The molecule has 0 atom stereocenters. The number of rotatable bonds is 3. The molecule has 0 fully saturated rings. The van der Waals surface area contributed by atoms with Crippen molar-refractivity contribution in [1.82, 2.24) is 29.1 Å². The summed E-state index contributed by atoms with van der Waals surface area (Å²) in [6, 6.07) is 42.1. The van der Waals surface area contributed by atoms with Crippen molar-refractivity contribution >= 4 is 75.1 Å². The fourth-order valence-electron chi connectivity index (χ4n) is 6.75. The van der Waals surface area contributed by atoms with Crippen molar-refractivity contribution in [1.29, 1.82) is 0 Å². The molecule has 6 nitrogen and oxygen atoms in total. The van der Waals surface area contributed by atoms with Crippen LogP contribution in [0, 0.1) is 0 Å². The lowest BCUT2D eigenvalue weighted by Gasteiger charge is -2.12. The molecule has 210 valence electrons. The maximum atomic E-state index is 5.25. The fourth-order valence-corrected chi connectivity index (χ4v) is 8.01. The van der Waals surface area contributed by atoms with E-state index in [-0.39, 0.29) is 0 Å². The van der Waals surface area contributed by atoms with Crippen LogP contribution in [-0.4, -0.2) is 29.1 Å². The largest absolute Gasteiger partial charge is 0.278 e. The zero-order valence-corrected chi connectivity index (χ0v) is 24.6. The maximum absolute atomic E-state index is 5.25. The van der Waals surface area contributed by atoms with Gasteiger partial charge in [0.15, 0.2) is 5.82 Å². The summed E-state index contributed by atoms with van der Waals surface area (Å²) in [4.78, 5) is 20.1. The molecule has 0 saturated heterocycles. The Hall–Kier alpha value is -5.92. The number of fused-ring (bicyclic) bond motifs is 10. The third kappa shape index (κ3) is 3.50. The van der Waals surface area contributed by atoms with Gasteiger partial charge in [-0.25, -0.2) is 0 Å². The lowest BCUT2D eigenvalue weighted by Crippen LogP contribution is -2.10. The Balaban J connectivity index is 1.34. The maximum Gasteiger partial charge on any atom is 0.240 e. The van der Waals surface area contributed by atoms with Crippen LogP contribution >= 0.6 is 11.3 Å². The highest BCUT2D eigenvalue weighted by Crippen LogP contribution is 2.43. The number of hydrogen-bond acceptors (Lipinski definition) is 5. The average molecular weight is 595 g/mol. The standard InChI is InChI=1S/C38H22N6S/c1-2-10-23(11-3-1)36-40-37(43-29-15-7-4-12-24(29)25-13-5-8-16-30(25)43)42-38(41-36)44-31-20-21-39-22-28(31)34-32(44)19-18-27-26-14-6-9-17-33(26)45-35(27)34/h1-22H. The van der Waals surface area contributed by atoms with Gasteiger partial charge in [0, 0.05) is 59.7 Å². The van der Waals surface area contributed by atoms with E-state index in [1.165, 1.54) is 20.2 Å². The number of nitrogens with zero attached hydrogens (tertiary/aromatic N) is 6. The molecule has 0 aliphatic rings. The van der Waals surface area contributed by atoms with Gasteiger partial charge in [0.05, 0.1) is 22.1 Å². The number of para-hydroxylation sites is 2. The molecule has 45 heavy (non-hydrogen) atoms. The van der Waals surface area contributed by atoms with E-state index < -0.39 is 0 Å². The average Bonchev–Trinajstić information content (AvgIpc) is 3.76. The Kier molecular flexibility index (Phi) is 5.06. The van der Waals surface area contributed by atoms with Crippen LogP contribution in [0.25, 0.3) is 87.1 Å². The minimum Gasteiger partial charge on any atom is -0.278 e. The molecule has 0 spiro atoms. The van der Waals surface area contributed by atoms with E-state index >= 15 is 0 Å². The minimum atomic E-state index is 0.562. The van der Waals surface area contributed by atoms with Gasteiger partial charge < -0.3 is 0 Å². The summed E-state index contributed by atoms with van der Waals surface area (Å²) < 4.78 is 6.83. The molecule has 5 aromatic heterocycles. The normalized spacial score (nSPS) is 12.0. The van der Waals surface area contributed by atoms with E-state index in [0.29, 0.717) is 17.7 Å². The summed E-state index contributed by atoms with van der Waals surface area (Å²) in [5.74, 6) is 1.75. The molecule has 0 aliphatic heterocycles. The van der Waals surface area contributed by atoms with E-state index in [1.807, 2.05) is 54.1 Å². The van der Waals surface area contributed by atoms with Gasteiger partial charge in [-0.1, -0.05) is 91.0 Å². The molecular weight excluding hydrogens is 573 g/mol. The molecule has 0 aliphatic carbocycles. The summed E-state index contributed by atoms with van der Waals surface area (Å²) in [6.45, 7) is 0. The van der Waals surface area contributed by atoms with Crippen LogP contribution in [0.4, 0.5) is 0 Å². The summed E-state index contributed by atoms with van der Waals surface area (Å²) in [5.41, 5.74) is 5.07. The van der Waals surface area contributed by atoms with Crippen LogP contribution in [0.3, 0.4) is 0 Å². The zero-order chi connectivity index (χ0) is 29.5. The predicted molar refractivity (Wildman–Crippen MR) is 185 cm³/mol.